The van der Waals surface area contributed by atoms with E-state index >= 15 is 0 Å². The Balaban J connectivity index is 1.67. The van der Waals surface area contributed by atoms with Gasteiger partial charge >= 0.3 is 0 Å². The van der Waals surface area contributed by atoms with Gasteiger partial charge in [0.05, 0.1) is 5.56 Å². The van der Waals surface area contributed by atoms with E-state index in [4.69, 9.17) is 16.0 Å². The van der Waals surface area contributed by atoms with Gasteiger partial charge in [-0.25, -0.2) is 0 Å². The SMILES string of the molecule is Cc1oc(C)c(C(=O)N2CCN(C(=O)c3cccc(Cl)c3)CC2)c1C. The van der Waals surface area contributed by atoms with Gasteiger partial charge in [0.15, 0.2) is 0 Å². The van der Waals surface area contributed by atoms with E-state index in [-0.39, 0.29) is 11.8 Å². The molecule has 1 aliphatic rings. The largest absolute Gasteiger partial charge is 0.466 e. The first-order chi connectivity index (χ1) is 11.9. The van der Waals surface area contributed by atoms with Crippen LogP contribution in [0.25, 0.3) is 0 Å². The van der Waals surface area contributed by atoms with Gasteiger partial charge in [-0.15, -0.1) is 0 Å². The number of nitrogens with zero attached hydrogens (tertiary/aromatic N) is 2. The Kier molecular flexibility index (Phi) is 4.86. The number of carbonyl (C=O) groups excluding carboxylic acids is 2. The number of furan rings is 1. The van der Waals surface area contributed by atoms with Crippen molar-refractivity contribution in [3.63, 3.8) is 0 Å². The highest BCUT2D eigenvalue weighted by Gasteiger charge is 2.28. The highest BCUT2D eigenvalue weighted by molar-refractivity contribution is 6.30. The lowest BCUT2D eigenvalue weighted by molar-refractivity contribution is 0.0534. The van der Waals surface area contributed by atoms with Crippen molar-refractivity contribution in [2.45, 2.75) is 20.8 Å². The summed E-state index contributed by atoms with van der Waals surface area (Å²) in [6.45, 7) is 7.60. The third kappa shape index (κ3) is 3.42. The summed E-state index contributed by atoms with van der Waals surface area (Å²) in [4.78, 5) is 28.9. The molecule has 1 aliphatic heterocycles. The van der Waals surface area contributed by atoms with E-state index in [2.05, 4.69) is 0 Å². The molecule has 0 spiro atoms. The average Bonchev–Trinajstić information content (AvgIpc) is 2.86. The van der Waals surface area contributed by atoms with Crippen LogP contribution in [-0.2, 0) is 0 Å². The normalized spacial score (nSPS) is 14.7. The molecule has 2 heterocycles. The lowest BCUT2D eigenvalue weighted by Crippen LogP contribution is -2.50. The standard InChI is InChI=1S/C19H21ClN2O3/c1-12-13(2)25-14(3)17(12)19(24)22-9-7-21(8-10-22)18(23)15-5-4-6-16(20)11-15/h4-6,11H,7-10H2,1-3H3. The van der Waals surface area contributed by atoms with Crippen molar-refractivity contribution < 1.29 is 14.0 Å². The number of carbonyl (C=O) groups is 2. The monoisotopic (exact) mass is 360 g/mol. The molecule has 1 aromatic heterocycles. The molecule has 0 atom stereocenters. The van der Waals surface area contributed by atoms with Crippen LogP contribution in [0, 0.1) is 20.8 Å². The number of halogens is 1. The molecular formula is C19H21ClN2O3. The molecule has 2 amide bonds. The van der Waals surface area contributed by atoms with Gasteiger partial charge in [0.1, 0.15) is 11.5 Å². The molecule has 132 valence electrons. The lowest BCUT2D eigenvalue weighted by Gasteiger charge is -2.35. The van der Waals surface area contributed by atoms with Crippen LogP contribution in [0.5, 0.6) is 0 Å². The minimum atomic E-state index is -0.0545. The summed E-state index contributed by atoms with van der Waals surface area (Å²) in [6, 6.07) is 6.93. The number of benzene rings is 1. The maximum atomic E-state index is 12.8. The second-order valence-corrected chi connectivity index (χ2v) is 6.75. The van der Waals surface area contributed by atoms with E-state index in [1.807, 2.05) is 20.8 Å². The summed E-state index contributed by atoms with van der Waals surface area (Å²) in [5.74, 6) is 1.34. The Hall–Kier alpha value is -2.27. The first-order valence-corrected chi connectivity index (χ1v) is 8.67. The molecule has 25 heavy (non-hydrogen) atoms. The summed E-state index contributed by atoms with van der Waals surface area (Å²) < 4.78 is 5.56. The zero-order chi connectivity index (χ0) is 18.1. The zero-order valence-corrected chi connectivity index (χ0v) is 15.4. The summed E-state index contributed by atoms with van der Waals surface area (Å²) >= 11 is 5.96. The highest BCUT2D eigenvalue weighted by atomic mass is 35.5. The molecule has 0 unspecified atom stereocenters. The lowest BCUT2D eigenvalue weighted by atomic mass is 10.1. The van der Waals surface area contributed by atoms with Crippen molar-refractivity contribution in [2.75, 3.05) is 26.2 Å². The van der Waals surface area contributed by atoms with Gasteiger partial charge in [0.25, 0.3) is 11.8 Å². The fourth-order valence-corrected chi connectivity index (χ4v) is 3.37. The van der Waals surface area contributed by atoms with Gasteiger partial charge in [-0.05, 0) is 39.0 Å². The predicted molar refractivity (Wildman–Crippen MR) is 96.2 cm³/mol. The van der Waals surface area contributed by atoms with Crippen molar-refractivity contribution in [3.8, 4) is 0 Å². The summed E-state index contributed by atoms with van der Waals surface area (Å²) in [5, 5.41) is 0.543. The summed E-state index contributed by atoms with van der Waals surface area (Å²) in [6.07, 6.45) is 0. The Bertz CT molecular complexity index is 820. The molecule has 2 aromatic rings. The van der Waals surface area contributed by atoms with Crippen molar-refractivity contribution in [2.24, 2.45) is 0 Å². The van der Waals surface area contributed by atoms with Crippen LogP contribution in [0.2, 0.25) is 5.02 Å². The first kappa shape index (κ1) is 17.5. The van der Waals surface area contributed by atoms with Crippen LogP contribution < -0.4 is 0 Å². The number of aryl methyl sites for hydroxylation is 2. The van der Waals surface area contributed by atoms with E-state index in [0.29, 0.717) is 48.1 Å². The topological polar surface area (TPSA) is 53.8 Å². The van der Waals surface area contributed by atoms with E-state index in [0.717, 1.165) is 11.3 Å². The van der Waals surface area contributed by atoms with E-state index in [1.54, 1.807) is 34.1 Å². The Morgan fingerprint density at radius 3 is 2.08 bits per heavy atom. The van der Waals surface area contributed by atoms with Crippen LogP contribution >= 0.6 is 11.6 Å². The third-order valence-corrected chi connectivity index (χ3v) is 4.94. The van der Waals surface area contributed by atoms with Crippen molar-refractivity contribution in [1.82, 2.24) is 9.80 Å². The van der Waals surface area contributed by atoms with Crippen LogP contribution in [0.4, 0.5) is 0 Å². The van der Waals surface area contributed by atoms with E-state index in [9.17, 15) is 9.59 Å². The third-order valence-electron chi connectivity index (χ3n) is 4.70. The number of rotatable bonds is 2. The van der Waals surface area contributed by atoms with Crippen LogP contribution in [0.3, 0.4) is 0 Å². The molecule has 1 fully saturated rings. The van der Waals surface area contributed by atoms with Gasteiger partial charge < -0.3 is 14.2 Å². The van der Waals surface area contributed by atoms with Crippen molar-refractivity contribution in [1.29, 1.82) is 0 Å². The van der Waals surface area contributed by atoms with Gasteiger partial charge in [-0.2, -0.15) is 0 Å². The summed E-state index contributed by atoms with van der Waals surface area (Å²) in [5.41, 5.74) is 2.11. The van der Waals surface area contributed by atoms with E-state index < -0.39 is 0 Å². The molecule has 0 bridgehead atoms. The zero-order valence-electron chi connectivity index (χ0n) is 14.6. The molecule has 3 rings (SSSR count). The number of piperazine rings is 1. The van der Waals surface area contributed by atoms with Crippen LogP contribution in [0.15, 0.2) is 28.7 Å². The Morgan fingerprint density at radius 2 is 1.56 bits per heavy atom. The summed E-state index contributed by atoms with van der Waals surface area (Å²) in [7, 11) is 0. The van der Waals surface area contributed by atoms with Crippen molar-refractivity contribution >= 4 is 23.4 Å². The Morgan fingerprint density at radius 1 is 0.960 bits per heavy atom. The average molecular weight is 361 g/mol. The molecule has 1 saturated heterocycles. The molecule has 0 saturated carbocycles. The molecule has 0 radical (unpaired) electrons. The minimum Gasteiger partial charge on any atom is -0.466 e. The quantitative estimate of drug-likeness (QED) is 0.824. The second kappa shape index (κ2) is 6.92. The fraction of sp³-hybridized carbons (Fsp3) is 0.368. The van der Waals surface area contributed by atoms with Gasteiger partial charge in [0.2, 0.25) is 0 Å². The first-order valence-electron chi connectivity index (χ1n) is 8.29. The molecule has 6 heteroatoms. The molecule has 0 N–H and O–H groups in total. The maximum absolute atomic E-state index is 12.8. The number of amides is 2. The minimum absolute atomic E-state index is 0.0262. The molecule has 0 aliphatic carbocycles. The van der Waals surface area contributed by atoms with Crippen molar-refractivity contribution in [3.05, 3.63) is 57.5 Å². The maximum Gasteiger partial charge on any atom is 0.257 e. The predicted octanol–water partition coefficient (Wildman–Crippen LogP) is 3.46. The highest BCUT2D eigenvalue weighted by Crippen LogP contribution is 2.23. The number of hydrogen-bond donors (Lipinski definition) is 0. The van der Waals surface area contributed by atoms with Gasteiger partial charge in [0, 0.05) is 42.3 Å². The molecular weight excluding hydrogens is 340 g/mol. The Labute approximate surface area is 152 Å². The molecule has 5 nitrogen and oxygen atoms in total. The molecule has 1 aromatic carbocycles. The van der Waals surface area contributed by atoms with E-state index in [1.165, 1.54) is 0 Å². The van der Waals surface area contributed by atoms with Crippen LogP contribution in [-0.4, -0.2) is 47.8 Å². The van der Waals surface area contributed by atoms with Gasteiger partial charge in [-0.3, -0.25) is 9.59 Å². The second-order valence-electron chi connectivity index (χ2n) is 6.31. The number of hydrogen-bond acceptors (Lipinski definition) is 3. The van der Waals surface area contributed by atoms with Crippen LogP contribution in [0.1, 0.15) is 37.8 Å². The fourth-order valence-electron chi connectivity index (χ4n) is 3.18. The smallest absolute Gasteiger partial charge is 0.257 e. The van der Waals surface area contributed by atoms with Gasteiger partial charge in [-0.1, -0.05) is 17.7 Å².